The van der Waals surface area contributed by atoms with Crippen LogP contribution in [-0.2, 0) is 52.4 Å². The second kappa shape index (κ2) is 14.1. The van der Waals surface area contributed by atoms with Crippen LogP contribution in [0.4, 0.5) is 0 Å². The van der Waals surface area contributed by atoms with Gasteiger partial charge in [-0.1, -0.05) is 24.3 Å². The smallest absolute Gasteiger partial charge is 0.308 e. The molecule has 12 nitrogen and oxygen atoms in total. The van der Waals surface area contributed by atoms with Gasteiger partial charge in [0.15, 0.2) is 24.6 Å². The van der Waals surface area contributed by atoms with Crippen molar-refractivity contribution >= 4 is 35.9 Å². The van der Waals surface area contributed by atoms with E-state index in [1.54, 1.807) is 36.4 Å². The molecule has 2 rings (SSSR count). The average molecular weight is 523 g/mol. The highest BCUT2D eigenvalue weighted by Gasteiger charge is 2.52. The lowest BCUT2D eigenvalue weighted by Gasteiger charge is -2.43. The minimum absolute atomic E-state index is 0.0283. The minimum Gasteiger partial charge on any atom is -0.463 e. The van der Waals surface area contributed by atoms with E-state index < -0.39 is 60.6 Å². The van der Waals surface area contributed by atoms with Gasteiger partial charge in [-0.25, -0.2) is 0 Å². The summed E-state index contributed by atoms with van der Waals surface area (Å²) in [5.41, 5.74) is 0.779. The van der Waals surface area contributed by atoms with Crippen LogP contribution in [0.15, 0.2) is 30.3 Å². The first kappa shape index (κ1) is 29.5. The lowest BCUT2D eigenvalue weighted by atomic mass is 9.98. The van der Waals surface area contributed by atoms with Gasteiger partial charge in [0.25, 0.3) is 0 Å². The Balaban J connectivity index is 2.22. The van der Waals surface area contributed by atoms with Crippen LogP contribution in [0.1, 0.15) is 40.2 Å². The zero-order valence-electron chi connectivity index (χ0n) is 21.2. The number of carbonyl (C=O) groups is 5. The Morgan fingerprint density at radius 3 is 1.86 bits per heavy atom. The SMILES string of the molecule is CC(=O)OC[C@H]1O[C@H](OC/C=C/c2ccc(OC(C)=O)cc2)[C@H](OC(C)=O)[C@@H](OC(C)=O)[C@@H]1OC(C)=O. The first-order chi connectivity index (χ1) is 17.5. The molecule has 5 atom stereocenters. The van der Waals surface area contributed by atoms with Gasteiger partial charge in [-0.3, -0.25) is 24.0 Å². The van der Waals surface area contributed by atoms with Crippen molar-refractivity contribution in [2.24, 2.45) is 0 Å². The van der Waals surface area contributed by atoms with E-state index in [0.717, 1.165) is 26.3 Å². The lowest BCUT2D eigenvalue weighted by molar-refractivity contribution is -0.305. The van der Waals surface area contributed by atoms with E-state index >= 15 is 0 Å². The quantitative estimate of drug-likeness (QED) is 0.250. The Labute approximate surface area is 213 Å². The molecule has 0 aliphatic carbocycles. The lowest BCUT2D eigenvalue weighted by Crippen LogP contribution is -2.62. The number of rotatable bonds is 10. The van der Waals surface area contributed by atoms with Crippen LogP contribution in [0, 0.1) is 0 Å². The Kier molecular flexibility index (Phi) is 11.2. The van der Waals surface area contributed by atoms with Crippen LogP contribution in [0.25, 0.3) is 6.08 Å². The number of ether oxygens (including phenoxy) is 7. The Hall–Kier alpha value is -3.77. The zero-order valence-corrected chi connectivity index (χ0v) is 21.2. The summed E-state index contributed by atoms with van der Waals surface area (Å²) in [7, 11) is 0. The van der Waals surface area contributed by atoms with Crippen molar-refractivity contribution in [3.8, 4) is 5.75 Å². The molecule has 202 valence electrons. The molecule has 0 aromatic heterocycles. The molecule has 37 heavy (non-hydrogen) atoms. The van der Waals surface area contributed by atoms with Gasteiger partial charge < -0.3 is 33.2 Å². The van der Waals surface area contributed by atoms with Crippen LogP contribution in [0.2, 0.25) is 0 Å². The van der Waals surface area contributed by atoms with E-state index in [-0.39, 0.29) is 13.2 Å². The van der Waals surface area contributed by atoms with Gasteiger partial charge in [0.2, 0.25) is 0 Å². The first-order valence-corrected chi connectivity index (χ1v) is 11.3. The predicted octanol–water partition coefficient (Wildman–Crippen LogP) is 1.72. The third-order valence-electron chi connectivity index (χ3n) is 4.76. The van der Waals surface area contributed by atoms with E-state index in [2.05, 4.69) is 0 Å². The predicted molar refractivity (Wildman–Crippen MR) is 125 cm³/mol. The third kappa shape index (κ3) is 10.0. The summed E-state index contributed by atoms with van der Waals surface area (Å²) in [6, 6.07) is 6.70. The molecule has 0 unspecified atom stereocenters. The first-order valence-electron chi connectivity index (χ1n) is 11.3. The standard InChI is InChI=1S/C25H30O12/c1-14(26)32-13-21-22(34-16(3)28)23(35-17(4)29)24(36-18(5)30)25(37-21)31-12-6-7-19-8-10-20(11-9-19)33-15(2)27/h6-11,21-25H,12-13H2,1-5H3/b7-6+/t21-,22-,23+,24-,25+/m1/s1. The molecule has 12 heteroatoms. The number of hydrogen-bond acceptors (Lipinski definition) is 12. The van der Waals surface area contributed by atoms with E-state index in [1.165, 1.54) is 13.8 Å². The molecular formula is C25H30O12. The van der Waals surface area contributed by atoms with Crippen molar-refractivity contribution in [1.29, 1.82) is 0 Å². The van der Waals surface area contributed by atoms with Crippen LogP contribution >= 0.6 is 0 Å². The molecule has 1 aromatic carbocycles. The molecule has 0 amide bonds. The fourth-order valence-corrected chi connectivity index (χ4v) is 3.47. The summed E-state index contributed by atoms with van der Waals surface area (Å²) in [5, 5.41) is 0. The van der Waals surface area contributed by atoms with Crippen LogP contribution < -0.4 is 4.74 Å². The maximum Gasteiger partial charge on any atom is 0.308 e. The van der Waals surface area contributed by atoms with Crippen molar-refractivity contribution in [1.82, 2.24) is 0 Å². The van der Waals surface area contributed by atoms with E-state index in [1.807, 2.05) is 0 Å². The molecule has 0 saturated carbocycles. The van der Waals surface area contributed by atoms with Crippen LogP contribution in [0.3, 0.4) is 0 Å². The van der Waals surface area contributed by atoms with Gasteiger partial charge in [0.05, 0.1) is 6.61 Å². The molecule has 1 heterocycles. The summed E-state index contributed by atoms with van der Waals surface area (Å²) in [6.45, 7) is 5.54. The largest absolute Gasteiger partial charge is 0.463 e. The zero-order chi connectivity index (χ0) is 27.5. The second-order valence-corrected chi connectivity index (χ2v) is 7.97. The molecule has 1 aliphatic heterocycles. The summed E-state index contributed by atoms with van der Waals surface area (Å²) in [6.07, 6.45) is -2.84. The molecule has 1 fully saturated rings. The van der Waals surface area contributed by atoms with Crippen LogP contribution in [-0.4, -0.2) is 73.8 Å². The fourth-order valence-electron chi connectivity index (χ4n) is 3.47. The van der Waals surface area contributed by atoms with Gasteiger partial charge >= 0.3 is 29.8 Å². The van der Waals surface area contributed by atoms with Crippen molar-refractivity contribution in [3.05, 3.63) is 35.9 Å². The van der Waals surface area contributed by atoms with Gasteiger partial charge in [0, 0.05) is 34.6 Å². The topological polar surface area (TPSA) is 150 Å². The van der Waals surface area contributed by atoms with Crippen molar-refractivity contribution in [2.45, 2.75) is 65.3 Å². The normalized spacial score (nSPS) is 23.1. The summed E-state index contributed by atoms with van der Waals surface area (Å²) in [4.78, 5) is 57.8. The summed E-state index contributed by atoms with van der Waals surface area (Å²) in [5.74, 6) is -2.82. The Bertz CT molecular complexity index is 999. The second-order valence-electron chi connectivity index (χ2n) is 7.97. The molecule has 0 N–H and O–H groups in total. The number of carbonyl (C=O) groups excluding carboxylic acids is 5. The van der Waals surface area contributed by atoms with Gasteiger partial charge in [-0.2, -0.15) is 0 Å². The molecule has 1 aliphatic rings. The van der Waals surface area contributed by atoms with Crippen molar-refractivity contribution < 1.29 is 57.1 Å². The monoisotopic (exact) mass is 522 g/mol. The van der Waals surface area contributed by atoms with Gasteiger partial charge in [0.1, 0.15) is 18.5 Å². The highest BCUT2D eigenvalue weighted by molar-refractivity contribution is 5.70. The number of esters is 5. The maximum atomic E-state index is 11.8. The molecule has 1 saturated heterocycles. The molecular weight excluding hydrogens is 492 g/mol. The number of benzene rings is 1. The third-order valence-corrected chi connectivity index (χ3v) is 4.76. The van der Waals surface area contributed by atoms with Gasteiger partial charge in [-0.15, -0.1) is 0 Å². The van der Waals surface area contributed by atoms with Crippen LogP contribution in [0.5, 0.6) is 5.75 Å². The molecule has 1 aromatic rings. The average Bonchev–Trinajstić information content (AvgIpc) is 2.78. The summed E-state index contributed by atoms with van der Waals surface area (Å²) >= 11 is 0. The van der Waals surface area contributed by atoms with E-state index in [0.29, 0.717) is 5.75 Å². The van der Waals surface area contributed by atoms with E-state index in [4.69, 9.17) is 33.2 Å². The van der Waals surface area contributed by atoms with E-state index in [9.17, 15) is 24.0 Å². The Morgan fingerprint density at radius 1 is 0.757 bits per heavy atom. The fraction of sp³-hybridized carbons (Fsp3) is 0.480. The number of hydrogen-bond donors (Lipinski definition) is 0. The molecule has 0 spiro atoms. The summed E-state index contributed by atoms with van der Waals surface area (Å²) < 4.78 is 37.6. The van der Waals surface area contributed by atoms with Gasteiger partial charge in [-0.05, 0) is 17.7 Å². The Morgan fingerprint density at radius 2 is 1.32 bits per heavy atom. The molecule has 0 bridgehead atoms. The van der Waals surface area contributed by atoms with Crippen molar-refractivity contribution in [3.63, 3.8) is 0 Å². The highest BCUT2D eigenvalue weighted by Crippen LogP contribution is 2.30. The van der Waals surface area contributed by atoms with Crippen molar-refractivity contribution in [2.75, 3.05) is 13.2 Å². The minimum atomic E-state index is -1.30. The molecule has 0 radical (unpaired) electrons. The highest BCUT2D eigenvalue weighted by atomic mass is 16.7. The maximum absolute atomic E-state index is 11.8.